The van der Waals surface area contributed by atoms with Crippen LogP contribution in [0.1, 0.15) is 46.2 Å². The SMILES string of the molecule is CCCCN(CC(=O)Nc1cc(C(C)(C)C)nn1-c1ccccc1)C(=O)Nc1ccc(OC)cc1OC. The van der Waals surface area contributed by atoms with Crippen molar-refractivity contribution in [3.63, 3.8) is 0 Å². The Bertz CT molecular complexity index is 1200. The number of urea groups is 1. The fourth-order valence-corrected chi connectivity index (χ4v) is 3.66. The predicted molar refractivity (Wildman–Crippen MR) is 146 cm³/mol. The van der Waals surface area contributed by atoms with Crippen LogP contribution < -0.4 is 20.1 Å². The molecule has 2 N–H and O–H groups in total. The fourth-order valence-electron chi connectivity index (χ4n) is 3.66. The van der Waals surface area contributed by atoms with Crippen LogP contribution in [0.3, 0.4) is 0 Å². The van der Waals surface area contributed by atoms with E-state index < -0.39 is 0 Å². The minimum absolute atomic E-state index is 0.116. The molecule has 3 amide bonds. The third-order valence-corrected chi connectivity index (χ3v) is 5.80. The summed E-state index contributed by atoms with van der Waals surface area (Å²) in [6.07, 6.45) is 1.64. The summed E-state index contributed by atoms with van der Waals surface area (Å²) in [4.78, 5) is 27.9. The molecule has 0 aliphatic carbocycles. The molecule has 37 heavy (non-hydrogen) atoms. The van der Waals surface area contributed by atoms with Gasteiger partial charge in [-0.25, -0.2) is 9.48 Å². The number of ether oxygens (including phenoxy) is 2. The smallest absolute Gasteiger partial charge is 0.322 e. The van der Waals surface area contributed by atoms with Gasteiger partial charge in [-0.1, -0.05) is 52.3 Å². The Kier molecular flexibility index (Phi) is 9.16. The highest BCUT2D eigenvalue weighted by Crippen LogP contribution is 2.29. The lowest BCUT2D eigenvalue weighted by molar-refractivity contribution is -0.116. The van der Waals surface area contributed by atoms with E-state index in [0.717, 1.165) is 24.2 Å². The van der Waals surface area contributed by atoms with Gasteiger partial charge in [0, 0.05) is 24.1 Å². The average Bonchev–Trinajstić information content (AvgIpc) is 3.31. The van der Waals surface area contributed by atoms with Gasteiger partial charge in [0.2, 0.25) is 5.91 Å². The maximum Gasteiger partial charge on any atom is 0.322 e. The number of anilines is 2. The zero-order chi connectivity index (χ0) is 27.0. The summed E-state index contributed by atoms with van der Waals surface area (Å²) in [5.41, 5.74) is 1.97. The van der Waals surface area contributed by atoms with Crippen molar-refractivity contribution in [2.45, 2.75) is 46.0 Å². The lowest BCUT2D eigenvalue weighted by Crippen LogP contribution is -2.41. The number of para-hydroxylation sites is 1. The molecule has 0 aliphatic rings. The molecule has 0 atom stereocenters. The van der Waals surface area contributed by atoms with Crippen LogP contribution >= 0.6 is 0 Å². The number of nitrogens with one attached hydrogen (secondary N) is 2. The first-order valence-corrected chi connectivity index (χ1v) is 12.4. The number of carbonyl (C=O) groups is 2. The standard InChI is InChI=1S/C28H37N5O4/c1-7-8-16-32(27(35)29-22-15-14-21(36-5)17-23(22)37-6)19-26(34)30-25-18-24(28(2,3)4)31-33(25)20-12-10-9-11-13-20/h9-15,17-18H,7-8,16,19H2,1-6H3,(H,29,35)(H,30,34). The molecule has 3 rings (SSSR count). The molecule has 198 valence electrons. The van der Waals surface area contributed by atoms with E-state index in [0.29, 0.717) is 29.5 Å². The molecule has 1 heterocycles. The van der Waals surface area contributed by atoms with Crippen molar-refractivity contribution in [3.8, 4) is 17.2 Å². The number of hydrogen-bond donors (Lipinski definition) is 2. The van der Waals surface area contributed by atoms with E-state index in [9.17, 15) is 9.59 Å². The number of benzene rings is 2. The van der Waals surface area contributed by atoms with Gasteiger partial charge in [-0.05, 0) is 30.7 Å². The first-order chi connectivity index (χ1) is 17.7. The van der Waals surface area contributed by atoms with Crippen LogP contribution in [0.25, 0.3) is 5.69 Å². The summed E-state index contributed by atoms with van der Waals surface area (Å²) in [6.45, 7) is 8.56. The van der Waals surface area contributed by atoms with Gasteiger partial charge >= 0.3 is 6.03 Å². The Balaban J connectivity index is 1.80. The van der Waals surface area contributed by atoms with Crippen molar-refractivity contribution in [1.29, 1.82) is 0 Å². The maximum absolute atomic E-state index is 13.2. The number of methoxy groups -OCH3 is 2. The number of aromatic nitrogens is 2. The molecule has 0 saturated heterocycles. The molecule has 3 aromatic rings. The van der Waals surface area contributed by atoms with E-state index in [1.54, 1.807) is 30.0 Å². The average molecular weight is 508 g/mol. The highest BCUT2D eigenvalue weighted by atomic mass is 16.5. The highest BCUT2D eigenvalue weighted by Gasteiger charge is 2.23. The number of carbonyl (C=O) groups excluding carboxylic acids is 2. The first-order valence-electron chi connectivity index (χ1n) is 12.4. The quantitative estimate of drug-likeness (QED) is 0.380. The second-order valence-corrected chi connectivity index (χ2v) is 9.73. The minimum atomic E-state index is -0.390. The highest BCUT2D eigenvalue weighted by molar-refractivity contribution is 5.97. The van der Waals surface area contributed by atoms with Gasteiger partial charge in [0.15, 0.2) is 0 Å². The van der Waals surface area contributed by atoms with E-state index in [2.05, 4.69) is 31.4 Å². The van der Waals surface area contributed by atoms with E-state index in [1.165, 1.54) is 12.0 Å². The Hall–Kier alpha value is -4.01. The number of rotatable bonds is 10. The third-order valence-electron chi connectivity index (χ3n) is 5.80. The van der Waals surface area contributed by atoms with Crippen LogP contribution in [-0.2, 0) is 10.2 Å². The summed E-state index contributed by atoms with van der Waals surface area (Å²) in [5, 5.41) is 10.6. The van der Waals surface area contributed by atoms with Crippen LogP contribution in [0, 0.1) is 0 Å². The lowest BCUT2D eigenvalue weighted by Gasteiger charge is -2.23. The topological polar surface area (TPSA) is 97.7 Å². The molecular weight excluding hydrogens is 470 g/mol. The van der Waals surface area contributed by atoms with Crippen LogP contribution in [0.5, 0.6) is 11.5 Å². The zero-order valence-corrected chi connectivity index (χ0v) is 22.5. The largest absolute Gasteiger partial charge is 0.497 e. The molecule has 0 radical (unpaired) electrons. The fraction of sp³-hybridized carbons (Fsp3) is 0.393. The Morgan fingerprint density at radius 1 is 1.00 bits per heavy atom. The molecule has 0 aliphatic heterocycles. The third kappa shape index (κ3) is 7.25. The molecule has 0 unspecified atom stereocenters. The molecule has 9 heteroatoms. The van der Waals surface area contributed by atoms with Gasteiger partial charge in [0.1, 0.15) is 23.9 Å². The van der Waals surface area contributed by atoms with E-state index in [4.69, 9.17) is 14.6 Å². The van der Waals surface area contributed by atoms with Gasteiger partial charge in [-0.15, -0.1) is 0 Å². The number of amides is 3. The Labute approximate surface area is 218 Å². The maximum atomic E-state index is 13.2. The molecular formula is C28H37N5O4. The second kappa shape index (κ2) is 12.3. The normalized spacial score (nSPS) is 11.1. The summed E-state index contributed by atoms with van der Waals surface area (Å²) < 4.78 is 12.3. The van der Waals surface area contributed by atoms with Crippen LogP contribution in [0.4, 0.5) is 16.3 Å². The van der Waals surface area contributed by atoms with Gasteiger partial charge in [-0.2, -0.15) is 5.10 Å². The van der Waals surface area contributed by atoms with Crippen molar-refractivity contribution in [3.05, 3.63) is 60.3 Å². The van der Waals surface area contributed by atoms with Gasteiger partial charge in [-0.3, -0.25) is 4.79 Å². The predicted octanol–water partition coefficient (Wildman–Crippen LogP) is 5.46. The molecule has 1 aromatic heterocycles. The van der Waals surface area contributed by atoms with Crippen LogP contribution in [0.2, 0.25) is 0 Å². The van der Waals surface area contributed by atoms with Gasteiger partial charge in [0.25, 0.3) is 0 Å². The van der Waals surface area contributed by atoms with E-state index >= 15 is 0 Å². The van der Waals surface area contributed by atoms with Crippen LogP contribution in [0.15, 0.2) is 54.6 Å². The number of unbranched alkanes of at least 4 members (excludes halogenated alkanes) is 1. The van der Waals surface area contributed by atoms with Crippen LogP contribution in [-0.4, -0.2) is 53.9 Å². The van der Waals surface area contributed by atoms with E-state index in [-0.39, 0.29) is 23.9 Å². The summed E-state index contributed by atoms with van der Waals surface area (Å²) in [6, 6.07) is 16.2. The molecule has 2 aromatic carbocycles. The molecule has 0 bridgehead atoms. The van der Waals surface area contributed by atoms with Crippen molar-refractivity contribution >= 4 is 23.4 Å². The van der Waals surface area contributed by atoms with Crippen molar-refractivity contribution < 1.29 is 19.1 Å². The summed E-state index contributed by atoms with van der Waals surface area (Å²) in [7, 11) is 3.08. The van der Waals surface area contributed by atoms with Gasteiger partial charge in [0.05, 0.1) is 31.3 Å². The first kappa shape index (κ1) is 27.6. The van der Waals surface area contributed by atoms with E-state index in [1.807, 2.05) is 43.3 Å². The molecule has 0 fully saturated rings. The molecule has 0 spiro atoms. The number of nitrogens with zero attached hydrogens (tertiary/aromatic N) is 3. The zero-order valence-electron chi connectivity index (χ0n) is 22.5. The van der Waals surface area contributed by atoms with Crippen molar-refractivity contribution in [2.75, 3.05) is 37.9 Å². The van der Waals surface area contributed by atoms with Gasteiger partial charge < -0.3 is 25.0 Å². The number of hydrogen-bond acceptors (Lipinski definition) is 5. The monoisotopic (exact) mass is 507 g/mol. The Morgan fingerprint density at radius 3 is 2.35 bits per heavy atom. The summed E-state index contributed by atoms with van der Waals surface area (Å²) in [5.74, 6) is 1.31. The van der Waals surface area contributed by atoms with Crippen molar-refractivity contribution in [1.82, 2.24) is 14.7 Å². The summed E-state index contributed by atoms with van der Waals surface area (Å²) >= 11 is 0. The minimum Gasteiger partial charge on any atom is -0.497 e. The molecule has 9 nitrogen and oxygen atoms in total. The Morgan fingerprint density at radius 2 is 1.73 bits per heavy atom. The molecule has 0 saturated carbocycles. The van der Waals surface area contributed by atoms with Crippen molar-refractivity contribution in [2.24, 2.45) is 0 Å². The second-order valence-electron chi connectivity index (χ2n) is 9.73. The lowest BCUT2D eigenvalue weighted by atomic mass is 9.92.